The van der Waals surface area contributed by atoms with Crippen LogP contribution >= 0.6 is 11.8 Å². The van der Waals surface area contributed by atoms with Gasteiger partial charge in [-0.1, -0.05) is 0 Å². The predicted octanol–water partition coefficient (Wildman–Crippen LogP) is 3.70. The fraction of sp³-hybridized carbons (Fsp3) is 0.600. The van der Waals surface area contributed by atoms with Gasteiger partial charge in [-0.3, -0.25) is 0 Å². The zero-order chi connectivity index (χ0) is 13.2. The number of rotatable bonds is 3. The summed E-state index contributed by atoms with van der Waals surface area (Å²) in [6.45, 7) is 4.43. The summed E-state index contributed by atoms with van der Waals surface area (Å²) < 4.78 is 2.31. The monoisotopic (exact) mass is 275 g/mol. The molecule has 2 aromatic rings. The summed E-state index contributed by atoms with van der Waals surface area (Å²) in [7, 11) is 0. The third-order valence-corrected chi connectivity index (χ3v) is 5.05. The molecule has 19 heavy (non-hydrogen) atoms. The van der Waals surface area contributed by atoms with Crippen molar-refractivity contribution in [2.75, 3.05) is 11.5 Å². The molecule has 1 atom stereocenters. The highest BCUT2D eigenvalue weighted by molar-refractivity contribution is 7.99. The molecule has 4 heteroatoms. The van der Waals surface area contributed by atoms with Gasteiger partial charge in [0.2, 0.25) is 0 Å². The van der Waals surface area contributed by atoms with E-state index in [4.69, 9.17) is 4.98 Å². The van der Waals surface area contributed by atoms with Gasteiger partial charge in [0.25, 0.3) is 0 Å². The van der Waals surface area contributed by atoms with Gasteiger partial charge in [-0.25, -0.2) is 9.97 Å². The zero-order valence-electron chi connectivity index (χ0n) is 11.7. The van der Waals surface area contributed by atoms with E-state index in [0.29, 0.717) is 6.04 Å². The van der Waals surface area contributed by atoms with Gasteiger partial charge in [-0.15, -0.1) is 0 Å². The number of hydrogen-bond donors (Lipinski definition) is 0. The SMILES string of the molecule is CC(C)n1c(CC2CCCSC2)nc2cccnc21. The van der Waals surface area contributed by atoms with Crippen LogP contribution in [0.3, 0.4) is 0 Å². The molecule has 0 spiro atoms. The second-order valence-electron chi connectivity index (χ2n) is 5.63. The topological polar surface area (TPSA) is 30.7 Å². The molecule has 3 heterocycles. The fourth-order valence-corrected chi connectivity index (χ4v) is 4.05. The Hall–Kier alpha value is -1.03. The van der Waals surface area contributed by atoms with Crippen LogP contribution in [0, 0.1) is 5.92 Å². The molecule has 3 nitrogen and oxygen atoms in total. The van der Waals surface area contributed by atoms with Crippen molar-refractivity contribution < 1.29 is 0 Å². The minimum Gasteiger partial charge on any atom is -0.310 e. The van der Waals surface area contributed by atoms with Gasteiger partial charge in [0.1, 0.15) is 11.3 Å². The van der Waals surface area contributed by atoms with E-state index < -0.39 is 0 Å². The number of fused-ring (bicyclic) bond motifs is 1. The van der Waals surface area contributed by atoms with E-state index in [0.717, 1.165) is 23.5 Å². The van der Waals surface area contributed by atoms with Crippen molar-refractivity contribution in [3.05, 3.63) is 24.2 Å². The molecule has 1 fully saturated rings. The highest BCUT2D eigenvalue weighted by atomic mass is 32.2. The van der Waals surface area contributed by atoms with Crippen LogP contribution < -0.4 is 0 Å². The molecule has 2 aromatic heterocycles. The Morgan fingerprint density at radius 2 is 2.37 bits per heavy atom. The van der Waals surface area contributed by atoms with Crippen molar-refractivity contribution in [1.29, 1.82) is 0 Å². The Balaban J connectivity index is 1.95. The maximum Gasteiger partial charge on any atom is 0.160 e. The van der Waals surface area contributed by atoms with Crippen LogP contribution in [0.2, 0.25) is 0 Å². The maximum atomic E-state index is 4.82. The molecule has 0 amide bonds. The largest absolute Gasteiger partial charge is 0.310 e. The second-order valence-corrected chi connectivity index (χ2v) is 6.78. The predicted molar refractivity (Wildman–Crippen MR) is 81.7 cm³/mol. The first-order valence-corrected chi connectivity index (χ1v) is 8.30. The van der Waals surface area contributed by atoms with Gasteiger partial charge in [0, 0.05) is 18.7 Å². The van der Waals surface area contributed by atoms with E-state index in [1.54, 1.807) is 0 Å². The van der Waals surface area contributed by atoms with E-state index in [1.807, 2.05) is 12.3 Å². The van der Waals surface area contributed by atoms with Gasteiger partial charge >= 0.3 is 0 Å². The van der Waals surface area contributed by atoms with Gasteiger partial charge in [-0.05, 0) is 56.2 Å². The van der Waals surface area contributed by atoms with Crippen molar-refractivity contribution in [2.45, 2.75) is 39.2 Å². The van der Waals surface area contributed by atoms with Crippen molar-refractivity contribution in [2.24, 2.45) is 5.92 Å². The van der Waals surface area contributed by atoms with Gasteiger partial charge < -0.3 is 4.57 Å². The third kappa shape index (κ3) is 2.64. The van der Waals surface area contributed by atoms with Crippen molar-refractivity contribution in [3.63, 3.8) is 0 Å². The van der Waals surface area contributed by atoms with Gasteiger partial charge in [-0.2, -0.15) is 11.8 Å². The zero-order valence-corrected chi connectivity index (χ0v) is 12.5. The van der Waals surface area contributed by atoms with Gasteiger partial charge in [0.05, 0.1) is 0 Å². The van der Waals surface area contributed by atoms with Crippen LogP contribution in [0.4, 0.5) is 0 Å². The quantitative estimate of drug-likeness (QED) is 0.855. The summed E-state index contributed by atoms with van der Waals surface area (Å²) in [6, 6.07) is 4.46. The van der Waals surface area contributed by atoms with Crippen LogP contribution in [0.25, 0.3) is 11.2 Å². The normalized spacial score (nSPS) is 20.3. The minimum atomic E-state index is 0.422. The molecule has 0 radical (unpaired) electrons. The Kier molecular flexibility index (Phi) is 3.78. The number of imidazole rings is 1. The van der Waals surface area contributed by atoms with Crippen LogP contribution in [0.1, 0.15) is 38.6 Å². The molecule has 1 unspecified atom stereocenters. The molecule has 0 N–H and O–H groups in total. The summed E-state index contributed by atoms with van der Waals surface area (Å²) in [5.41, 5.74) is 2.07. The lowest BCUT2D eigenvalue weighted by atomic mass is 10.0. The van der Waals surface area contributed by atoms with Crippen LogP contribution in [-0.4, -0.2) is 26.0 Å². The second kappa shape index (κ2) is 5.53. The van der Waals surface area contributed by atoms with Crippen LogP contribution in [0.15, 0.2) is 18.3 Å². The van der Waals surface area contributed by atoms with Crippen LogP contribution in [-0.2, 0) is 6.42 Å². The first kappa shape index (κ1) is 13.0. The lowest BCUT2D eigenvalue weighted by Crippen LogP contribution is -2.17. The molecule has 0 bridgehead atoms. The Labute approximate surface area is 118 Å². The van der Waals surface area contributed by atoms with Crippen molar-refractivity contribution >= 4 is 22.9 Å². The number of thioether (sulfide) groups is 1. The van der Waals surface area contributed by atoms with Crippen molar-refractivity contribution in [3.8, 4) is 0 Å². The van der Waals surface area contributed by atoms with E-state index >= 15 is 0 Å². The number of nitrogens with zero attached hydrogens (tertiary/aromatic N) is 3. The molecule has 0 aromatic carbocycles. The molecule has 3 rings (SSSR count). The Morgan fingerprint density at radius 1 is 1.47 bits per heavy atom. The molecule has 1 aliphatic heterocycles. The highest BCUT2D eigenvalue weighted by Gasteiger charge is 2.20. The molecule has 1 aliphatic rings. The van der Waals surface area contributed by atoms with E-state index in [-0.39, 0.29) is 0 Å². The Bertz CT molecular complexity index is 556. The van der Waals surface area contributed by atoms with Crippen LogP contribution in [0.5, 0.6) is 0 Å². The number of pyridine rings is 1. The summed E-state index contributed by atoms with van der Waals surface area (Å²) in [4.78, 5) is 9.33. The molecule has 0 saturated carbocycles. The third-order valence-electron chi connectivity index (χ3n) is 3.76. The fourth-order valence-electron chi connectivity index (χ4n) is 2.89. The Morgan fingerprint density at radius 3 is 3.11 bits per heavy atom. The van der Waals surface area contributed by atoms with Gasteiger partial charge in [0.15, 0.2) is 5.65 Å². The van der Waals surface area contributed by atoms with E-state index in [9.17, 15) is 0 Å². The van der Waals surface area contributed by atoms with E-state index in [1.165, 1.54) is 30.2 Å². The molecule has 102 valence electrons. The summed E-state index contributed by atoms with van der Waals surface area (Å²) >= 11 is 2.09. The lowest BCUT2D eigenvalue weighted by Gasteiger charge is -2.22. The summed E-state index contributed by atoms with van der Waals surface area (Å²) in [5, 5.41) is 0. The molecule has 0 aliphatic carbocycles. The maximum absolute atomic E-state index is 4.82. The molecular formula is C15H21N3S. The summed E-state index contributed by atoms with van der Waals surface area (Å²) in [6.07, 6.45) is 5.67. The lowest BCUT2D eigenvalue weighted by molar-refractivity contribution is 0.481. The van der Waals surface area contributed by atoms with Crippen molar-refractivity contribution in [1.82, 2.24) is 14.5 Å². The average Bonchev–Trinajstić information content (AvgIpc) is 2.77. The smallest absolute Gasteiger partial charge is 0.160 e. The first-order chi connectivity index (χ1) is 9.25. The number of aromatic nitrogens is 3. The summed E-state index contributed by atoms with van der Waals surface area (Å²) in [5.74, 6) is 4.62. The minimum absolute atomic E-state index is 0.422. The highest BCUT2D eigenvalue weighted by Crippen LogP contribution is 2.27. The average molecular weight is 275 g/mol. The van der Waals surface area contributed by atoms with E-state index in [2.05, 4.69) is 41.2 Å². The first-order valence-electron chi connectivity index (χ1n) is 7.15. The molecule has 1 saturated heterocycles. The molecular weight excluding hydrogens is 254 g/mol. The standard InChI is InChI=1S/C15H21N3S/c1-11(2)18-14(9-12-5-4-8-19-10-12)17-13-6-3-7-16-15(13)18/h3,6-7,11-12H,4-5,8-10H2,1-2H3. The number of hydrogen-bond acceptors (Lipinski definition) is 3.